The highest BCUT2D eigenvalue weighted by atomic mass is 79.9. The third kappa shape index (κ3) is 1.84. The molecule has 0 aliphatic carbocycles. The van der Waals surface area contributed by atoms with Crippen LogP contribution in [0.4, 0.5) is 0 Å². The topological polar surface area (TPSA) is 18.5 Å². The van der Waals surface area contributed by atoms with Gasteiger partial charge in [-0.3, -0.25) is 0 Å². The number of methoxy groups -OCH3 is 1. The number of halogens is 1. The largest absolute Gasteiger partial charge is 0.462 e. The van der Waals surface area contributed by atoms with E-state index >= 15 is 0 Å². The molecule has 2 atom stereocenters. The van der Waals surface area contributed by atoms with Crippen molar-refractivity contribution in [1.82, 2.24) is 0 Å². The van der Waals surface area contributed by atoms with Crippen LogP contribution in [0.15, 0.2) is 53.0 Å². The van der Waals surface area contributed by atoms with E-state index in [-0.39, 0.29) is 12.2 Å². The van der Waals surface area contributed by atoms with Crippen molar-refractivity contribution in [2.24, 2.45) is 0 Å². The molecule has 0 saturated carbocycles. The first-order chi connectivity index (χ1) is 8.81. The molecule has 3 heteroatoms. The van der Waals surface area contributed by atoms with E-state index in [4.69, 9.17) is 9.47 Å². The summed E-state index contributed by atoms with van der Waals surface area (Å²) in [6.45, 7) is 0. The molecule has 3 rings (SSSR count). The molecule has 0 radical (unpaired) electrons. The number of rotatable bonds is 2. The molecule has 18 heavy (non-hydrogen) atoms. The summed E-state index contributed by atoms with van der Waals surface area (Å²) in [7, 11) is 1.68. The van der Waals surface area contributed by atoms with E-state index in [1.807, 2.05) is 30.3 Å². The van der Waals surface area contributed by atoms with E-state index in [1.54, 1.807) is 7.11 Å². The number of hydrogen-bond acceptors (Lipinski definition) is 2. The molecule has 2 aromatic rings. The minimum absolute atomic E-state index is 0.128. The predicted molar refractivity (Wildman–Crippen MR) is 73.9 cm³/mol. The van der Waals surface area contributed by atoms with Gasteiger partial charge in [-0.1, -0.05) is 42.5 Å². The van der Waals surface area contributed by atoms with Gasteiger partial charge in [0, 0.05) is 12.7 Å². The molecular formula is C15H13BrO2. The highest BCUT2D eigenvalue weighted by Gasteiger charge is 2.36. The zero-order chi connectivity index (χ0) is 12.5. The number of hydrogen-bond donors (Lipinski definition) is 0. The fourth-order valence-corrected chi connectivity index (χ4v) is 2.88. The molecule has 0 bridgehead atoms. The lowest BCUT2D eigenvalue weighted by molar-refractivity contribution is -0.0473. The van der Waals surface area contributed by atoms with Crippen molar-refractivity contribution in [2.75, 3.05) is 7.11 Å². The summed E-state index contributed by atoms with van der Waals surface area (Å²) in [6.07, 6.45) is -0.263. The molecule has 0 N–H and O–H groups in total. The number of fused-ring (bicyclic) bond motifs is 1. The van der Waals surface area contributed by atoms with Crippen molar-refractivity contribution in [3.05, 3.63) is 64.1 Å². The first-order valence-electron chi connectivity index (χ1n) is 5.84. The van der Waals surface area contributed by atoms with Gasteiger partial charge in [0.05, 0.1) is 10.4 Å². The summed E-state index contributed by atoms with van der Waals surface area (Å²) in [5, 5.41) is 0. The molecule has 0 unspecified atom stereocenters. The van der Waals surface area contributed by atoms with Crippen molar-refractivity contribution in [3.8, 4) is 5.75 Å². The number of ether oxygens (including phenoxy) is 2. The Morgan fingerprint density at radius 2 is 1.83 bits per heavy atom. The number of para-hydroxylation sites is 1. The SMILES string of the molecule is CO[C@H]1Oc2c(Br)cccc2[C@H]1c1ccccc1. The molecular weight excluding hydrogens is 292 g/mol. The fourth-order valence-electron chi connectivity index (χ4n) is 2.41. The fraction of sp³-hybridized carbons (Fsp3) is 0.200. The normalized spacial score (nSPS) is 21.4. The van der Waals surface area contributed by atoms with Crippen molar-refractivity contribution in [3.63, 3.8) is 0 Å². The summed E-state index contributed by atoms with van der Waals surface area (Å²) in [5.41, 5.74) is 2.38. The van der Waals surface area contributed by atoms with Crippen LogP contribution in [0.3, 0.4) is 0 Å². The lowest BCUT2D eigenvalue weighted by Gasteiger charge is -2.17. The first-order valence-corrected chi connectivity index (χ1v) is 6.63. The molecule has 0 amide bonds. The minimum atomic E-state index is -0.263. The Kier molecular flexibility index (Phi) is 3.10. The first kappa shape index (κ1) is 11.8. The average Bonchev–Trinajstić information content (AvgIpc) is 2.80. The molecule has 2 aromatic carbocycles. The highest BCUT2D eigenvalue weighted by molar-refractivity contribution is 9.10. The summed E-state index contributed by atoms with van der Waals surface area (Å²) in [4.78, 5) is 0. The van der Waals surface area contributed by atoms with E-state index in [2.05, 4.69) is 34.1 Å². The van der Waals surface area contributed by atoms with Crippen molar-refractivity contribution < 1.29 is 9.47 Å². The minimum Gasteiger partial charge on any atom is -0.462 e. The van der Waals surface area contributed by atoms with Gasteiger partial charge in [-0.05, 0) is 27.6 Å². The highest BCUT2D eigenvalue weighted by Crippen LogP contribution is 2.45. The second kappa shape index (κ2) is 4.75. The molecule has 0 saturated heterocycles. The van der Waals surface area contributed by atoms with Crippen LogP contribution >= 0.6 is 15.9 Å². The van der Waals surface area contributed by atoms with Crippen LogP contribution in [-0.2, 0) is 4.74 Å². The maximum absolute atomic E-state index is 5.88. The summed E-state index contributed by atoms with van der Waals surface area (Å²) < 4.78 is 12.3. The van der Waals surface area contributed by atoms with Crippen LogP contribution in [-0.4, -0.2) is 13.4 Å². The summed E-state index contributed by atoms with van der Waals surface area (Å²) >= 11 is 3.52. The Hall–Kier alpha value is -1.32. The maximum Gasteiger partial charge on any atom is 0.210 e. The maximum atomic E-state index is 5.88. The molecule has 0 spiro atoms. The average molecular weight is 305 g/mol. The third-order valence-electron chi connectivity index (χ3n) is 3.23. The van der Waals surface area contributed by atoms with Gasteiger partial charge in [-0.15, -0.1) is 0 Å². The van der Waals surface area contributed by atoms with Gasteiger partial charge in [0.15, 0.2) is 0 Å². The van der Waals surface area contributed by atoms with Crippen LogP contribution in [0.1, 0.15) is 17.0 Å². The van der Waals surface area contributed by atoms with E-state index in [0.717, 1.165) is 10.2 Å². The van der Waals surface area contributed by atoms with Crippen molar-refractivity contribution in [2.45, 2.75) is 12.2 Å². The molecule has 2 nitrogen and oxygen atoms in total. The van der Waals surface area contributed by atoms with Crippen LogP contribution in [0.25, 0.3) is 0 Å². The van der Waals surface area contributed by atoms with Gasteiger partial charge >= 0.3 is 0 Å². The van der Waals surface area contributed by atoms with Gasteiger partial charge < -0.3 is 9.47 Å². The molecule has 1 aliphatic heterocycles. The Morgan fingerprint density at radius 1 is 1.06 bits per heavy atom. The third-order valence-corrected chi connectivity index (χ3v) is 3.85. The summed E-state index contributed by atoms with van der Waals surface area (Å²) in [6, 6.07) is 16.4. The van der Waals surface area contributed by atoms with E-state index in [9.17, 15) is 0 Å². The monoisotopic (exact) mass is 304 g/mol. The van der Waals surface area contributed by atoms with Crippen LogP contribution < -0.4 is 4.74 Å². The molecule has 0 fully saturated rings. The van der Waals surface area contributed by atoms with E-state index in [0.29, 0.717) is 0 Å². The lowest BCUT2D eigenvalue weighted by atomic mass is 9.92. The van der Waals surface area contributed by atoms with Crippen LogP contribution in [0.2, 0.25) is 0 Å². The van der Waals surface area contributed by atoms with Gasteiger partial charge in [0.1, 0.15) is 5.75 Å². The van der Waals surface area contributed by atoms with E-state index < -0.39 is 0 Å². The Balaban J connectivity index is 2.11. The quantitative estimate of drug-likeness (QED) is 0.836. The van der Waals surface area contributed by atoms with Gasteiger partial charge in [0.2, 0.25) is 6.29 Å². The van der Waals surface area contributed by atoms with Gasteiger partial charge in [0.25, 0.3) is 0 Å². The Morgan fingerprint density at radius 3 is 2.56 bits per heavy atom. The predicted octanol–water partition coefficient (Wildman–Crippen LogP) is 3.95. The van der Waals surface area contributed by atoms with Crippen LogP contribution in [0, 0.1) is 0 Å². The zero-order valence-electron chi connectivity index (χ0n) is 9.97. The lowest BCUT2D eigenvalue weighted by Crippen LogP contribution is -2.21. The van der Waals surface area contributed by atoms with E-state index in [1.165, 1.54) is 11.1 Å². The summed E-state index contributed by atoms with van der Waals surface area (Å²) in [5.74, 6) is 1.02. The second-order valence-corrected chi connectivity index (χ2v) is 5.12. The molecule has 92 valence electrons. The molecule has 1 aliphatic rings. The second-order valence-electron chi connectivity index (χ2n) is 4.27. The molecule has 0 aromatic heterocycles. The van der Waals surface area contributed by atoms with Gasteiger partial charge in [-0.25, -0.2) is 0 Å². The van der Waals surface area contributed by atoms with Crippen LogP contribution in [0.5, 0.6) is 5.75 Å². The zero-order valence-corrected chi connectivity index (χ0v) is 11.6. The Labute approximate surface area is 115 Å². The standard InChI is InChI=1S/C15H13BrO2/c1-17-15-13(10-6-3-2-4-7-10)11-8-5-9-12(16)14(11)18-15/h2-9,13,15H,1H3/t13-,15+/m1/s1. The van der Waals surface area contributed by atoms with Crippen molar-refractivity contribution >= 4 is 15.9 Å². The smallest absolute Gasteiger partial charge is 0.210 e. The molecule has 1 heterocycles. The Bertz CT molecular complexity index is 554. The van der Waals surface area contributed by atoms with Gasteiger partial charge in [-0.2, -0.15) is 0 Å². The van der Waals surface area contributed by atoms with Crippen molar-refractivity contribution in [1.29, 1.82) is 0 Å². The number of benzene rings is 2.